The molecule has 0 N–H and O–H groups in total. The molecular formula is C60H35NOS. The Morgan fingerprint density at radius 3 is 1.92 bits per heavy atom. The molecule has 0 fully saturated rings. The van der Waals surface area contributed by atoms with Gasteiger partial charge in [0.1, 0.15) is 11.2 Å². The average molecular weight is 818 g/mol. The lowest BCUT2D eigenvalue weighted by molar-refractivity contribution is 0.674. The van der Waals surface area contributed by atoms with Crippen LogP contribution in [-0.4, -0.2) is 4.57 Å². The lowest BCUT2D eigenvalue weighted by Gasteiger charge is -2.11. The highest BCUT2D eigenvalue weighted by atomic mass is 32.1. The molecule has 14 aromatic rings. The van der Waals surface area contributed by atoms with Crippen LogP contribution in [0.5, 0.6) is 0 Å². The maximum absolute atomic E-state index is 6.97. The van der Waals surface area contributed by atoms with E-state index in [0.717, 1.165) is 38.6 Å². The van der Waals surface area contributed by atoms with Gasteiger partial charge in [-0.1, -0.05) is 152 Å². The van der Waals surface area contributed by atoms with Crippen molar-refractivity contribution in [2.24, 2.45) is 0 Å². The minimum absolute atomic E-state index is 0.927. The van der Waals surface area contributed by atoms with Gasteiger partial charge >= 0.3 is 0 Å². The normalized spacial score (nSPS) is 12.1. The molecule has 3 heterocycles. The Labute approximate surface area is 366 Å². The van der Waals surface area contributed by atoms with E-state index in [2.05, 4.69) is 217 Å². The van der Waals surface area contributed by atoms with Crippen molar-refractivity contribution in [2.75, 3.05) is 0 Å². The molecule has 14 rings (SSSR count). The van der Waals surface area contributed by atoms with Crippen molar-refractivity contribution in [1.29, 1.82) is 0 Å². The second kappa shape index (κ2) is 13.3. The van der Waals surface area contributed by atoms with Crippen molar-refractivity contribution in [3.05, 3.63) is 212 Å². The highest BCUT2D eigenvalue weighted by Gasteiger charge is 2.19. The lowest BCUT2D eigenvalue weighted by Crippen LogP contribution is -1.94. The molecule has 0 atom stereocenters. The summed E-state index contributed by atoms with van der Waals surface area (Å²) in [6.07, 6.45) is 0. The van der Waals surface area contributed by atoms with Crippen molar-refractivity contribution >= 4 is 108 Å². The Hall–Kier alpha value is -7.98. The molecule has 0 bridgehead atoms. The van der Waals surface area contributed by atoms with E-state index in [-0.39, 0.29) is 0 Å². The van der Waals surface area contributed by atoms with Gasteiger partial charge in [-0.2, -0.15) is 0 Å². The van der Waals surface area contributed by atoms with E-state index in [1.165, 1.54) is 96.7 Å². The third kappa shape index (κ3) is 5.18. The topological polar surface area (TPSA) is 18.1 Å². The minimum Gasteiger partial charge on any atom is -0.455 e. The molecule has 292 valence electrons. The van der Waals surface area contributed by atoms with Crippen molar-refractivity contribution < 1.29 is 4.42 Å². The number of thiophene rings is 1. The second-order valence-corrected chi connectivity index (χ2v) is 17.9. The monoisotopic (exact) mass is 817 g/mol. The van der Waals surface area contributed by atoms with E-state index < -0.39 is 0 Å². The molecule has 0 aliphatic rings. The van der Waals surface area contributed by atoms with E-state index in [1.807, 2.05) is 11.3 Å². The standard InChI is InChI=1S/C60H35NOS/c1-2-11-37(12-3-1)45-17-9-21-51-54-34-40(26-30-57(54)63-60(45)51)39-25-29-56-53(33-39)47-16-6-7-22-55(47)61(56)43-27-23-38-31-41-24-28-50-49-20-10-19-48(46-18-8-14-36-13-4-5-15-44(36)46)58(49)62-59(50)52(41)35-42(38)32-43/h1-35H. The fraction of sp³-hybridized carbons (Fsp3) is 0. The van der Waals surface area contributed by atoms with Crippen LogP contribution >= 0.6 is 11.3 Å². The van der Waals surface area contributed by atoms with Crippen molar-refractivity contribution in [1.82, 2.24) is 4.57 Å². The van der Waals surface area contributed by atoms with Crippen LogP contribution in [0, 0.1) is 0 Å². The molecule has 0 saturated heterocycles. The van der Waals surface area contributed by atoms with Crippen molar-refractivity contribution in [2.45, 2.75) is 0 Å². The number of benzene rings is 11. The summed E-state index contributed by atoms with van der Waals surface area (Å²) in [6.45, 7) is 0. The first-order valence-corrected chi connectivity index (χ1v) is 22.4. The van der Waals surface area contributed by atoms with Crippen LogP contribution in [-0.2, 0) is 0 Å². The SMILES string of the molecule is c1ccc(-c2cccc3c2sc2ccc(-c4ccc5c(c4)c4ccccc4n5-c4ccc5cc6ccc7c8cccc(-c9cccc%10ccccc9%10)c8oc7c6cc5c4)cc23)cc1. The molecule has 0 radical (unpaired) electrons. The summed E-state index contributed by atoms with van der Waals surface area (Å²) in [6, 6.07) is 77.9. The maximum atomic E-state index is 6.97. The van der Waals surface area contributed by atoms with Gasteiger partial charge in [0, 0.05) is 58.4 Å². The smallest absolute Gasteiger partial charge is 0.143 e. The number of fused-ring (bicyclic) bond motifs is 13. The maximum Gasteiger partial charge on any atom is 0.143 e. The summed E-state index contributed by atoms with van der Waals surface area (Å²) >= 11 is 1.89. The fourth-order valence-electron chi connectivity index (χ4n) is 10.4. The Morgan fingerprint density at radius 1 is 0.317 bits per heavy atom. The highest BCUT2D eigenvalue weighted by Crippen LogP contribution is 2.44. The van der Waals surface area contributed by atoms with E-state index in [1.54, 1.807) is 0 Å². The Balaban J connectivity index is 0.906. The molecule has 3 aromatic heterocycles. The molecule has 0 amide bonds. The Kier molecular flexibility index (Phi) is 7.30. The van der Waals surface area contributed by atoms with Gasteiger partial charge in [0.05, 0.1) is 11.0 Å². The average Bonchev–Trinajstić information content (AvgIpc) is 4.03. The van der Waals surface area contributed by atoms with E-state index in [9.17, 15) is 0 Å². The number of hydrogen-bond acceptors (Lipinski definition) is 2. The zero-order valence-electron chi connectivity index (χ0n) is 34.0. The van der Waals surface area contributed by atoms with E-state index in [4.69, 9.17) is 4.42 Å². The van der Waals surface area contributed by atoms with Crippen LogP contribution in [0.1, 0.15) is 0 Å². The summed E-state index contributed by atoms with van der Waals surface area (Å²) < 4.78 is 12.1. The quantitative estimate of drug-likeness (QED) is 0.162. The van der Waals surface area contributed by atoms with Crippen LogP contribution in [0.3, 0.4) is 0 Å². The van der Waals surface area contributed by atoms with E-state index in [0.29, 0.717) is 0 Å². The van der Waals surface area contributed by atoms with Gasteiger partial charge in [-0.25, -0.2) is 0 Å². The molecule has 0 aliphatic heterocycles. The van der Waals surface area contributed by atoms with Gasteiger partial charge < -0.3 is 8.98 Å². The number of rotatable bonds is 4. The number of furan rings is 1. The molecule has 0 aliphatic carbocycles. The molecule has 0 spiro atoms. The van der Waals surface area contributed by atoms with Gasteiger partial charge in [0.25, 0.3) is 0 Å². The minimum atomic E-state index is 0.927. The van der Waals surface area contributed by atoms with Crippen LogP contribution < -0.4 is 0 Å². The Morgan fingerprint density at radius 2 is 1.00 bits per heavy atom. The summed E-state index contributed by atoms with van der Waals surface area (Å²) in [7, 11) is 0. The van der Waals surface area contributed by atoms with Crippen LogP contribution in [0.25, 0.3) is 135 Å². The molecule has 63 heavy (non-hydrogen) atoms. The van der Waals surface area contributed by atoms with Crippen LogP contribution in [0.4, 0.5) is 0 Å². The number of hydrogen-bond donors (Lipinski definition) is 0. The van der Waals surface area contributed by atoms with Crippen LogP contribution in [0.15, 0.2) is 217 Å². The number of aromatic nitrogens is 1. The summed E-state index contributed by atoms with van der Waals surface area (Å²) in [5, 5.41) is 14.5. The zero-order chi connectivity index (χ0) is 41.2. The van der Waals surface area contributed by atoms with Crippen molar-refractivity contribution in [3.63, 3.8) is 0 Å². The third-order valence-corrected chi connectivity index (χ3v) is 14.6. The van der Waals surface area contributed by atoms with Gasteiger partial charge in [0.2, 0.25) is 0 Å². The second-order valence-electron chi connectivity index (χ2n) is 16.8. The van der Waals surface area contributed by atoms with Gasteiger partial charge in [-0.05, 0) is 115 Å². The lowest BCUT2D eigenvalue weighted by atomic mass is 9.96. The zero-order valence-corrected chi connectivity index (χ0v) is 34.8. The first kappa shape index (κ1) is 34.7. The molecule has 0 saturated carbocycles. The summed E-state index contributed by atoms with van der Waals surface area (Å²) in [5.74, 6) is 0. The Bertz CT molecular complexity index is 4200. The molecular weight excluding hydrogens is 783 g/mol. The fourth-order valence-corrected chi connectivity index (χ4v) is 11.6. The largest absolute Gasteiger partial charge is 0.455 e. The van der Waals surface area contributed by atoms with Crippen molar-refractivity contribution in [3.8, 4) is 39.1 Å². The van der Waals surface area contributed by atoms with E-state index >= 15 is 0 Å². The van der Waals surface area contributed by atoms with Gasteiger partial charge in [-0.15, -0.1) is 11.3 Å². The molecule has 2 nitrogen and oxygen atoms in total. The third-order valence-electron chi connectivity index (χ3n) is 13.3. The summed E-state index contributed by atoms with van der Waals surface area (Å²) in [5.41, 5.74) is 12.7. The first-order chi connectivity index (χ1) is 31.2. The predicted octanol–water partition coefficient (Wildman–Crippen LogP) is 17.5. The highest BCUT2D eigenvalue weighted by molar-refractivity contribution is 7.26. The molecule has 0 unspecified atom stereocenters. The molecule has 3 heteroatoms. The first-order valence-electron chi connectivity index (χ1n) is 21.6. The van der Waals surface area contributed by atoms with Crippen LogP contribution in [0.2, 0.25) is 0 Å². The van der Waals surface area contributed by atoms with Gasteiger partial charge in [0.15, 0.2) is 0 Å². The van der Waals surface area contributed by atoms with Gasteiger partial charge in [-0.3, -0.25) is 0 Å². The number of para-hydroxylation sites is 2. The summed E-state index contributed by atoms with van der Waals surface area (Å²) in [4.78, 5) is 0. The predicted molar refractivity (Wildman–Crippen MR) is 270 cm³/mol. The molecule has 11 aromatic carbocycles. The number of nitrogens with zero attached hydrogens (tertiary/aromatic N) is 1.